The van der Waals surface area contributed by atoms with Gasteiger partial charge < -0.3 is 5.11 Å². The minimum absolute atomic E-state index is 0.293. The highest BCUT2D eigenvalue weighted by atomic mass is 16.3. The van der Waals surface area contributed by atoms with Crippen LogP contribution in [0.2, 0.25) is 0 Å². The summed E-state index contributed by atoms with van der Waals surface area (Å²) in [6.45, 7) is 0.293. The molecule has 0 aliphatic heterocycles. The molecule has 0 unspecified atom stereocenters. The zero-order valence-corrected chi connectivity index (χ0v) is 6.97. The molecule has 1 spiro atoms. The van der Waals surface area contributed by atoms with Crippen LogP contribution in [0.15, 0.2) is 11.6 Å². The third-order valence-corrected chi connectivity index (χ3v) is 3.26. The second kappa shape index (κ2) is 2.63. The van der Waals surface area contributed by atoms with Crippen LogP contribution in [0.4, 0.5) is 0 Å². The lowest BCUT2D eigenvalue weighted by Gasteiger charge is -2.18. The maximum Gasteiger partial charge on any atom is 0.0641 e. The average molecular weight is 152 g/mol. The highest BCUT2D eigenvalue weighted by Crippen LogP contribution is 2.48. The zero-order valence-electron chi connectivity index (χ0n) is 6.97. The summed E-state index contributed by atoms with van der Waals surface area (Å²) in [5.74, 6) is 0. The summed E-state index contributed by atoms with van der Waals surface area (Å²) in [4.78, 5) is 0. The highest BCUT2D eigenvalue weighted by molar-refractivity contribution is 5.18. The largest absolute Gasteiger partial charge is 0.392 e. The van der Waals surface area contributed by atoms with Crippen molar-refractivity contribution in [3.05, 3.63) is 11.6 Å². The SMILES string of the molecule is OCC1=CC2(CCCC2)CC1. The smallest absolute Gasteiger partial charge is 0.0641 e. The van der Waals surface area contributed by atoms with Crippen molar-refractivity contribution in [1.29, 1.82) is 0 Å². The molecule has 62 valence electrons. The molecule has 0 heterocycles. The molecule has 0 amide bonds. The predicted molar refractivity (Wildman–Crippen MR) is 45.3 cm³/mol. The summed E-state index contributed by atoms with van der Waals surface area (Å²) in [5, 5.41) is 8.94. The summed E-state index contributed by atoms with van der Waals surface area (Å²) < 4.78 is 0. The molecule has 2 aliphatic rings. The van der Waals surface area contributed by atoms with Gasteiger partial charge in [-0.1, -0.05) is 18.9 Å². The van der Waals surface area contributed by atoms with E-state index in [0.29, 0.717) is 12.0 Å². The molecule has 0 aromatic rings. The van der Waals surface area contributed by atoms with Crippen LogP contribution in [0.3, 0.4) is 0 Å². The minimum Gasteiger partial charge on any atom is -0.392 e. The van der Waals surface area contributed by atoms with Gasteiger partial charge in [0.2, 0.25) is 0 Å². The van der Waals surface area contributed by atoms with E-state index >= 15 is 0 Å². The van der Waals surface area contributed by atoms with E-state index < -0.39 is 0 Å². The molecule has 1 nitrogen and oxygen atoms in total. The number of hydrogen-bond acceptors (Lipinski definition) is 1. The Morgan fingerprint density at radius 3 is 2.55 bits per heavy atom. The molecule has 0 aromatic carbocycles. The molecule has 11 heavy (non-hydrogen) atoms. The molecule has 0 aromatic heterocycles. The molecule has 0 radical (unpaired) electrons. The van der Waals surface area contributed by atoms with Gasteiger partial charge in [0, 0.05) is 0 Å². The van der Waals surface area contributed by atoms with Crippen LogP contribution in [-0.2, 0) is 0 Å². The van der Waals surface area contributed by atoms with Gasteiger partial charge in [-0.2, -0.15) is 0 Å². The van der Waals surface area contributed by atoms with Crippen LogP contribution >= 0.6 is 0 Å². The van der Waals surface area contributed by atoms with Gasteiger partial charge in [-0.25, -0.2) is 0 Å². The Morgan fingerprint density at radius 1 is 1.27 bits per heavy atom. The lowest BCUT2D eigenvalue weighted by Crippen LogP contribution is -2.07. The Labute approximate surface area is 68.1 Å². The van der Waals surface area contributed by atoms with Gasteiger partial charge in [0.15, 0.2) is 0 Å². The Bertz CT molecular complexity index is 175. The van der Waals surface area contributed by atoms with Crippen molar-refractivity contribution in [2.75, 3.05) is 6.61 Å². The van der Waals surface area contributed by atoms with Crippen LogP contribution < -0.4 is 0 Å². The van der Waals surface area contributed by atoms with Gasteiger partial charge in [-0.15, -0.1) is 0 Å². The van der Waals surface area contributed by atoms with E-state index in [2.05, 4.69) is 6.08 Å². The molecule has 1 N–H and O–H groups in total. The van der Waals surface area contributed by atoms with Crippen molar-refractivity contribution in [3.8, 4) is 0 Å². The van der Waals surface area contributed by atoms with Crippen LogP contribution in [0.5, 0.6) is 0 Å². The van der Waals surface area contributed by atoms with E-state index in [1.54, 1.807) is 0 Å². The monoisotopic (exact) mass is 152 g/mol. The summed E-state index contributed by atoms with van der Waals surface area (Å²) >= 11 is 0. The molecular formula is C10H16O. The van der Waals surface area contributed by atoms with E-state index in [-0.39, 0.29) is 0 Å². The molecule has 2 aliphatic carbocycles. The van der Waals surface area contributed by atoms with Gasteiger partial charge in [0.1, 0.15) is 0 Å². The number of rotatable bonds is 1. The first-order valence-electron chi connectivity index (χ1n) is 4.66. The fourth-order valence-corrected chi connectivity index (χ4v) is 2.59. The molecule has 1 heteroatoms. The lowest BCUT2D eigenvalue weighted by atomic mass is 9.86. The normalized spacial score (nSPS) is 27.9. The van der Waals surface area contributed by atoms with Crippen molar-refractivity contribution in [3.63, 3.8) is 0 Å². The molecule has 0 bridgehead atoms. The summed E-state index contributed by atoms with van der Waals surface area (Å²) in [6.07, 6.45) is 10.4. The maximum atomic E-state index is 8.94. The van der Waals surface area contributed by atoms with Crippen molar-refractivity contribution < 1.29 is 5.11 Å². The minimum atomic E-state index is 0.293. The molecule has 0 saturated heterocycles. The van der Waals surface area contributed by atoms with Crippen LogP contribution in [0.25, 0.3) is 0 Å². The third-order valence-electron chi connectivity index (χ3n) is 3.26. The molecule has 2 rings (SSSR count). The van der Waals surface area contributed by atoms with Gasteiger partial charge >= 0.3 is 0 Å². The first-order chi connectivity index (χ1) is 5.35. The van der Waals surface area contributed by atoms with Gasteiger partial charge in [-0.3, -0.25) is 0 Å². The fourth-order valence-electron chi connectivity index (χ4n) is 2.59. The fraction of sp³-hybridized carbons (Fsp3) is 0.800. The Kier molecular flexibility index (Phi) is 1.76. The summed E-state index contributed by atoms with van der Waals surface area (Å²) in [7, 11) is 0. The number of allylic oxidation sites excluding steroid dienone is 1. The van der Waals surface area contributed by atoms with Crippen molar-refractivity contribution >= 4 is 0 Å². The average Bonchev–Trinajstić information content (AvgIpc) is 2.62. The first kappa shape index (κ1) is 7.35. The van der Waals surface area contributed by atoms with E-state index in [1.807, 2.05) is 0 Å². The maximum absolute atomic E-state index is 8.94. The van der Waals surface area contributed by atoms with Crippen LogP contribution in [0, 0.1) is 5.41 Å². The van der Waals surface area contributed by atoms with Crippen LogP contribution in [-0.4, -0.2) is 11.7 Å². The van der Waals surface area contributed by atoms with Gasteiger partial charge in [0.05, 0.1) is 6.61 Å². The molecular weight excluding hydrogens is 136 g/mol. The Balaban J connectivity index is 2.11. The lowest BCUT2D eigenvalue weighted by molar-refractivity contribution is 0.328. The van der Waals surface area contributed by atoms with Crippen molar-refractivity contribution in [1.82, 2.24) is 0 Å². The van der Waals surface area contributed by atoms with Crippen molar-refractivity contribution in [2.24, 2.45) is 5.41 Å². The van der Waals surface area contributed by atoms with Crippen LogP contribution in [0.1, 0.15) is 38.5 Å². The van der Waals surface area contributed by atoms with E-state index in [0.717, 1.165) is 6.42 Å². The Morgan fingerprint density at radius 2 is 2.00 bits per heavy atom. The highest BCUT2D eigenvalue weighted by Gasteiger charge is 2.35. The van der Waals surface area contributed by atoms with E-state index in [1.165, 1.54) is 37.7 Å². The predicted octanol–water partition coefficient (Wildman–Crippen LogP) is 2.26. The molecule has 0 atom stereocenters. The van der Waals surface area contributed by atoms with E-state index in [4.69, 9.17) is 5.11 Å². The number of aliphatic hydroxyl groups is 1. The Hall–Kier alpha value is -0.300. The summed E-state index contributed by atoms with van der Waals surface area (Å²) in [5.41, 5.74) is 1.82. The van der Waals surface area contributed by atoms with Gasteiger partial charge in [0.25, 0.3) is 0 Å². The second-order valence-electron chi connectivity index (χ2n) is 4.03. The summed E-state index contributed by atoms with van der Waals surface area (Å²) in [6, 6.07) is 0. The topological polar surface area (TPSA) is 20.2 Å². The number of hydrogen-bond donors (Lipinski definition) is 1. The first-order valence-corrected chi connectivity index (χ1v) is 4.66. The molecule has 1 saturated carbocycles. The van der Waals surface area contributed by atoms with Crippen molar-refractivity contribution in [2.45, 2.75) is 38.5 Å². The second-order valence-corrected chi connectivity index (χ2v) is 4.03. The third kappa shape index (κ3) is 1.22. The molecule has 1 fully saturated rings. The standard InChI is InChI=1S/C10H16O/c11-8-9-3-6-10(7-9)4-1-2-5-10/h7,11H,1-6,8H2. The van der Waals surface area contributed by atoms with E-state index in [9.17, 15) is 0 Å². The zero-order chi connectivity index (χ0) is 7.73. The van der Waals surface area contributed by atoms with Gasteiger partial charge in [-0.05, 0) is 36.7 Å². The quantitative estimate of drug-likeness (QED) is 0.571. The number of aliphatic hydroxyl groups excluding tert-OH is 1.